The lowest BCUT2D eigenvalue weighted by atomic mass is 9.90. The lowest BCUT2D eigenvalue weighted by Crippen LogP contribution is -2.30. The van der Waals surface area contributed by atoms with Crippen molar-refractivity contribution in [1.82, 2.24) is 35.2 Å². The Kier molecular flexibility index (Phi) is 18.7. The molecule has 2 aliphatic rings. The van der Waals surface area contributed by atoms with Crippen molar-refractivity contribution in [2.75, 3.05) is 48.4 Å². The van der Waals surface area contributed by atoms with Gasteiger partial charge in [0.1, 0.15) is 67.3 Å². The fourth-order valence-corrected chi connectivity index (χ4v) is 8.56. The van der Waals surface area contributed by atoms with Gasteiger partial charge in [0.25, 0.3) is 11.8 Å². The first-order chi connectivity index (χ1) is 30.0. The maximum absolute atomic E-state index is 14.1. The van der Waals surface area contributed by atoms with Crippen LogP contribution < -0.4 is 36.9 Å². The van der Waals surface area contributed by atoms with E-state index in [1.54, 1.807) is 0 Å². The number of ether oxygens (including phenoxy) is 2. The second-order valence-electron chi connectivity index (χ2n) is 14.4. The van der Waals surface area contributed by atoms with E-state index < -0.39 is 35.1 Å². The summed E-state index contributed by atoms with van der Waals surface area (Å²) in [6.45, 7) is 2.86. The topological polar surface area (TPSA) is 218 Å². The molecule has 1 saturated heterocycles. The van der Waals surface area contributed by atoms with Gasteiger partial charge >= 0.3 is 0 Å². The standard InChI is InChI=1S/C21H21F2N5O2S.C20H20F2N6O2S.2HI/c22-13-7-4-8-14(23)16(13)21-28-17(18(24)31-21)19(29)27-15-9-25-11-26-20(15)30-10-12-5-2-1-3-6-12;21-12-2-1-3-13(22)15(12)20-28-16(17(23)31-20)18(29)27-14-8-25-10-26-19(14)30-9-11-4-6-24-7-5-11;;/h4,7-9,11-12H,1-3,5-6,10,24H2,(H,27,29);1-3,8,10-11,24H,4-7,9,23H2,(H,27,29);2*1H. The van der Waals surface area contributed by atoms with Crippen molar-refractivity contribution >= 4 is 104 Å². The zero-order valence-corrected chi connectivity index (χ0v) is 40.1. The third-order valence-electron chi connectivity index (χ3n) is 10.0. The molecule has 64 heavy (non-hydrogen) atoms. The van der Waals surface area contributed by atoms with Crippen molar-refractivity contribution < 1.29 is 36.6 Å². The highest BCUT2D eigenvalue weighted by Crippen LogP contribution is 2.36. The first-order valence-electron chi connectivity index (χ1n) is 19.7. The Labute approximate surface area is 407 Å². The Morgan fingerprint density at radius 3 is 1.48 bits per heavy atom. The summed E-state index contributed by atoms with van der Waals surface area (Å²) in [6, 6.07) is 6.97. The van der Waals surface area contributed by atoms with Crippen LogP contribution in [0.1, 0.15) is 65.9 Å². The van der Waals surface area contributed by atoms with Gasteiger partial charge in [-0.15, -0.1) is 48.0 Å². The van der Waals surface area contributed by atoms with E-state index in [-0.39, 0.29) is 114 Å². The highest BCUT2D eigenvalue weighted by atomic mass is 127. The number of nitrogen functional groups attached to an aromatic ring is 2. The molecule has 1 aliphatic heterocycles. The summed E-state index contributed by atoms with van der Waals surface area (Å²) in [4.78, 5) is 49.7. The lowest BCUT2D eigenvalue weighted by molar-refractivity contribution is 0.101. The molecule has 1 saturated carbocycles. The number of carbonyl (C=O) groups is 2. The number of aromatic nitrogens is 6. The predicted octanol–water partition coefficient (Wildman–Crippen LogP) is 9.00. The largest absolute Gasteiger partial charge is 0.476 e. The van der Waals surface area contributed by atoms with E-state index in [9.17, 15) is 27.2 Å². The van der Waals surface area contributed by atoms with Gasteiger partial charge in [0.05, 0.1) is 36.7 Å². The number of hydrogen-bond acceptors (Lipinski definition) is 15. The van der Waals surface area contributed by atoms with E-state index >= 15 is 0 Å². The second kappa shape index (κ2) is 23.9. The fraction of sp³-hybridized carbons (Fsp3) is 0.317. The number of carbonyl (C=O) groups excluding carboxylic acids is 2. The van der Waals surface area contributed by atoms with Crippen molar-refractivity contribution in [1.29, 1.82) is 0 Å². The highest BCUT2D eigenvalue weighted by Gasteiger charge is 2.25. The average molecular weight is 1150 g/mol. The molecule has 0 radical (unpaired) electrons. The van der Waals surface area contributed by atoms with Gasteiger partial charge < -0.3 is 36.9 Å². The van der Waals surface area contributed by atoms with Crippen LogP contribution in [0.5, 0.6) is 11.8 Å². The minimum atomic E-state index is -0.786. The Balaban J connectivity index is 0.000000234. The molecule has 7 N–H and O–H groups in total. The number of nitrogens with two attached hydrogens (primary N) is 2. The van der Waals surface area contributed by atoms with E-state index in [0.29, 0.717) is 25.0 Å². The van der Waals surface area contributed by atoms with Crippen molar-refractivity contribution in [2.24, 2.45) is 11.8 Å². The number of amides is 2. The summed E-state index contributed by atoms with van der Waals surface area (Å²) in [5, 5.41) is 8.58. The highest BCUT2D eigenvalue weighted by molar-refractivity contribution is 14.0. The van der Waals surface area contributed by atoms with Crippen LogP contribution in [0.15, 0.2) is 61.4 Å². The Morgan fingerprint density at radius 2 is 1.06 bits per heavy atom. The smallest absolute Gasteiger partial charge is 0.277 e. The maximum atomic E-state index is 14.1. The summed E-state index contributed by atoms with van der Waals surface area (Å²) < 4.78 is 67.9. The SMILES string of the molecule is I.I.Nc1sc(-c2c(F)cccc2F)nc1C(=O)Nc1cncnc1OCC1CCCCC1.Nc1sc(-c2c(F)cccc2F)nc1C(=O)Nc1cncnc1OCC1CCNCC1. The van der Waals surface area contributed by atoms with Crippen LogP contribution in [0.25, 0.3) is 21.1 Å². The molecule has 1 aliphatic carbocycles. The summed E-state index contributed by atoms with van der Waals surface area (Å²) in [7, 11) is 0. The summed E-state index contributed by atoms with van der Waals surface area (Å²) in [5.41, 5.74) is 11.4. The van der Waals surface area contributed by atoms with Crippen LogP contribution in [0, 0.1) is 35.1 Å². The van der Waals surface area contributed by atoms with Crippen molar-refractivity contribution in [3.63, 3.8) is 0 Å². The number of nitrogens with zero attached hydrogens (tertiary/aromatic N) is 6. The van der Waals surface area contributed by atoms with E-state index in [1.807, 2.05) is 0 Å². The average Bonchev–Trinajstić information content (AvgIpc) is 3.85. The van der Waals surface area contributed by atoms with E-state index in [1.165, 1.54) is 56.4 Å². The Bertz CT molecular complexity index is 2320. The molecule has 2 fully saturated rings. The number of nitrogens with one attached hydrogen (secondary N) is 3. The van der Waals surface area contributed by atoms with Crippen molar-refractivity contribution in [3.05, 3.63) is 96.1 Å². The van der Waals surface area contributed by atoms with Gasteiger partial charge in [-0.2, -0.15) is 9.97 Å². The molecule has 15 nitrogen and oxygen atoms in total. The quantitative estimate of drug-likeness (QED) is 0.0572. The van der Waals surface area contributed by atoms with Crippen molar-refractivity contribution in [3.8, 4) is 32.9 Å². The summed E-state index contributed by atoms with van der Waals surface area (Å²) in [5.74, 6) is -3.10. The van der Waals surface area contributed by atoms with Gasteiger partial charge in [-0.25, -0.2) is 37.5 Å². The Morgan fingerprint density at radius 1 is 0.656 bits per heavy atom. The number of anilines is 4. The summed E-state index contributed by atoms with van der Waals surface area (Å²) in [6.07, 6.45) is 13.3. The van der Waals surface area contributed by atoms with Gasteiger partial charge in [-0.3, -0.25) is 9.59 Å². The minimum Gasteiger partial charge on any atom is -0.476 e. The van der Waals surface area contributed by atoms with Crippen LogP contribution in [-0.2, 0) is 0 Å². The van der Waals surface area contributed by atoms with E-state index in [2.05, 4.69) is 45.9 Å². The third kappa shape index (κ3) is 12.7. The van der Waals surface area contributed by atoms with Crippen molar-refractivity contribution in [2.45, 2.75) is 44.9 Å². The van der Waals surface area contributed by atoms with Crippen LogP contribution in [0.3, 0.4) is 0 Å². The monoisotopic (exact) mass is 1150 g/mol. The molecule has 2 amide bonds. The molecule has 4 aromatic heterocycles. The number of piperidine rings is 1. The van der Waals surface area contributed by atoms with E-state index in [0.717, 1.165) is 85.7 Å². The van der Waals surface area contributed by atoms with Gasteiger partial charge in [0.15, 0.2) is 11.4 Å². The maximum Gasteiger partial charge on any atom is 0.277 e. The first kappa shape index (κ1) is 50.1. The van der Waals surface area contributed by atoms with Crippen LogP contribution in [0.4, 0.5) is 38.9 Å². The molecule has 8 rings (SSSR count). The normalized spacial score (nSPS) is 13.9. The second-order valence-corrected chi connectivity index (χ2v) is 16.4. The molecule has 0 atom stereocenters. The van der Waals surface area contributed by atoms with Crippen LogP contribution in [-0.4, -0.2) is 68.0 Å². The van der Waals surface area contributed by atoms with Crippen LogP contribution >= 0.6 is 70.6 Å². The summed E-state index contributed by atoms with van der Waals surface area (Å²) >= 11 is 1.66. The zero-order chi connectivity index (χ0) is 43.6. The van der Waals surface area contributed by atoms with Gasteiger partial charge in [0, 0.05) is 0 Å². The lowest BCUT2D eigenvalue weighted by Gasteiger charge is -2.22. The number of thiazole rings is 2. The number of hydrogen-bond donors (Lipinski definition) is 5. The first-order valence-corrected chi connectivity index (χ1v) is 21.3. The predicted molar refractivity (Wildman–Crippen MR) is 258 cm³/mol. The molecular formula is C41H43F4I2N11O4S2. The molecule has 0 unspecified atom stereocenters. The number of benzene rings is 2. The zero-order valence-electron chi connectivity index (χ0n) is 33.8. The third-order valence-corrected chi connectivity index (χ3v) is 11.8. The number of halogens is 6. The molecule has 23 heteroatoms. The molecular weight excluding hydrogens is 1100 g/mol. The Hall–Kier alpha value is -4.86. The number of rotatable bonds is 12. The minimum absolute atomic E-state index is 0. The molecule has 5 heterocycles. The fourth-order valence-electron chi connectivity index (χ4n) is 6.80. The molecule has 6 aromatic rings. The van der Waals surface area contributed by atoms with Gasteiger partial charge in [0.2, 0.25) is 11.8 Å². The van der Waals surface area contributed by atoms with Gasteiger partial charge in [-0.1, -0.05) is 54.1 Å². The van der Waals surface area contributed by atoms with Crippen LogP contribution in [0.2, 0.25) is 0 Å². The molecule has 340 valence electrons. The van der Waals surface area contributed by atoms with Gasteiger partial charge in [-0.05, 0) is 74.9 Å². The molecule has 2 aromatic carbocycles. The molecule has 0 spiro atoms. The molecule has 0 bridgehead atoms. The van der Waals surface area contributed by atoms with E-state index in [4.69, 9.17) is 20.9 Å².